The molecular formula is C15H22N2O3S. The standard InChI is InChI=1S/C15H22N2O3S/c1-11(10-21-3)17(2)15(20)16-9-8-12-4-6-13(7-5-12)14(18)19/h4-7,11H,8-10H2,1-3H3,(H,16,20)(H,18,19). The van der Waals surface area contributed by atoms with Crippen molar-refractivity contribution in [3.8, 4) is 0 Å². The molecule has 1 aromatic rings. The van der Waals surface area contributed by atoms with Gasteiger partial charge in [0.1, 0.15) is 0 Å². The molecule has 1 rings (SSSR count). The molecule has 21 heavy (non-hydrogen) atoms. The van der Waals surface area contributed by atoms with E-state index in [1.807, 2.05) is 13.2 Å². The van der Waals surface area contributed by atoms with Crippen LogP contribution in [0.1, 0.15) is 22.8 Å². The lowest BCUT2D eigenvalue weighted by Crippen LogP contribution is -2.43. The van der Waals surface area contributed by atoms with Gasteiger partial charge in [-0.1, -0.05) is 12.1 Å². The highest BCUT2D eigenvalue weighted by Gasteiger charge is 2.14. The first-order valence-electron chi connectivity index (χ1n) is 6.77. The van der Waals surface area contributed by atoms with Crippen LogP contribution in [-0.2, 0) is 6.42 Å². The highest BCUT2D eigenvalue weighted by molar-refractivity contribution is 7.98. The Kier molecular flexibility index (Phi) is 7.08. The SMILES string of the molecule is CSCC(C)N(C)C(=O)NCCc1ccc(C(=O)O)cc1. The fraction of sp³-hybridized carbons (Fsp3) is 0.467. The predicted molar refractivity (Wildman–Crippen MR) is 86.1 cm³/mol. The van der Waals surface area contributed by atoms with E-state index in [0.29, 0.717) is 13.0 Å². The van der Waals surface area contributed by atoms with Crippen molar-refractivity contribution >= 4 is 23.8 Å². The van der Waals surface area contributed by atoms with Gasteiger partial charge in [0.2, 0.25) is 0 Å². The number of nitrogens with one attached hydrogen (secondary N) is 1. The van der Waals surface area contributed by atoms with E-state index in [2.05, 4.69) is 5.32 Å². The van der Waals surface area contributed by atoms with Crippen molar-refractivity contribution in [2.75, 3.05) is 25.6 Å². The summed E-state index contributed by atoms with van der Waals surface area (Å²) >= 11 is 1.71. The molecule has 0 aliphatic rings. The molecular weight excluding hydrogens is 288 g/mol. The number of carbonyl (C=O) groups excluding carboxylic acids is 1. The lowest BCUT2D eigenvalue weighted by molar-refractivity contribution is 0.0697. The summed E-state index contributed by atoms with van der Waals surface area (Å²) in [6.07, 6.45) is 2.69. The molecule has 0 radical (unpaired) electrons. The number of hydrogen-bond donors (Lipinski definition) is 2. The summed E-state index contributed by atoms with van der Waals surface area (Å²) in [5, 5.41) is 11.7. The first kappa shape index (κ1) is 17.4. The van der Waals surface area contributed by atoms with Gasteiger partial charge in [-0.3, -0.25) is 0 Å². The molecule has 5 nitrogen and oxygen atoms in total. The summed E-state index contributed by atoms with van der Waals surface area (Å²) < 4.78 is 0. The van der Waals surface area contributed by atoms with Crippen molar-refractivity contribution in [3.63, 3.8) is 0 Å². The largest absolute Gasteiger partial charge is 0.478 e. The van der Waals surface area contributed by atoms with Crippen LogP contribution in [0.3, 0.4) is 0 Å². The van der Waals surface area contributed by atoms with E-state index in [4.69, 9.17) is 5.11 Å². The van der Waals surface area contributed by atoms with Gasteiger partial charge < -0.3 is 15.3 Å². The molecule has 0 saturated heterocycles. The van der Waals surface area contributed by atoms with Gasteiger partial charge in [-0.05, 0) is 37.3 Å². The van der Waals surface area contributed by atoms with E-state index < -0.39 is 5.97 Å². The first-order chi connectivity index (χ1) is 9.95. The zero-order valence-corrected chi connectivity index (χ0v) is 13.4. The Bertz CT molecular complexity index is 476. The van der Waals surface area contributed by atoms with Crippen molar-refractivity contribution in [1.82, 2.24) is 10.2 Å². The second-order valence-corrected chi connectivity index (χ2v) is 5.81. The average Bonchev–Trinajstić information content (AvgIpc) is 2.47. The highest BCUT2D eigenvalue weighted by Crippen LogP contribution is 2.06. The van der Waals surface area contributed by atoms with Crippen LogP contribution in [0.15, 0.2) is 24.3 Å². The minimum absolute atomic E-state index is 0.0845. The number of benzene rings is 1. The summed E-state index contributed by atoms with van der Waals surface area (Å²) in [5.74, 6) is -0.0279. The molecule has 1 aromatic carbocycles. The second-order valence-electron chi connectivity index (χ2n) is 4.90. The van der Waals surface area contributed by atoms with Crippen molar-refractivity contribution in [2.45, 2.75) is 19.4 Å². The Morgan fingerprint density at radius 1 is 1.33 bits per heavy atom. The summed E-state index contributed by atoms with van der Waals surface area (Å²) in [6.45, 7) is 2.54. The number of carboxylic acids is 1. The monoisotopic (exact) mass is 310 g/mol. The minimum atomic E-state index is -0.931. The lowest BCUT2D eigenvalue weighted by atomic mass is 10.1. The molecule has 6 heteroatoms. The van der Waals surface area contributed by atoms with Crippen LogP contribution in [0.2, 0.25) is 0 Å². The number of carboxylic acid groups (broad SMARTS) is 1. The van der Waals surface area contributed by atoms with Crippen LogP contribution in [0.5, 0.6) is 0 Å². The van der Waals surface area contributed by atoms with Crippen molar-refractivity contribution < 1.29 is 14.7 Å². The summed E-state index contributed by atoms with van der Waals surface area (Å²) in [5.41, 5.74) is 1.27. The van der Waals surface area contributed by atoms with Gasteiger partial charge in [0.05, 0.1) is 5.56 Å². The van der Waals surface area contributed by atoms with E-state index in [-0.39, 0.29) is 17.6 Å². The van der Waals surface area contributed by atoms with Gasteiger partial charge in [0.15, 0.2) is 0 Å². The molecule has 2 N–H and O–H groups in total. The summed E-state index contributed by atoms with van der Waals surface area (Å²) in [7, 11) is 1.79. The quantitative estimate of drug-likeness (QED) is 0.811. The number of amides is 2. The molecule has 0 aliphatic carbocycles. The molecule has 0 fully saturated rings. The van der Waals surface area contributed by atoms with Crippen molar-refractivity contribution in [3.05, 3.63) is 35.4 Å². The first-order valence-corrected chi connectivity index (χ1v) is 8.17. The number of carbonyl (C=O) groups is 2. The second kappa shape index (κ2) is 8.56. The van der Waals surface area contributed by atoms with Gasteiger partial charge in [0.25, 0.3) is 0 Å². The van der Waals surface area contributed by atoms with E-state index in [0.717, 1.165) is 11.3 Å². The Morgan fingerprint density at radius 2 is 1.95 bits per heavy atom. The molecule has 0 aromatic heterocycles. The Balaban J connectivity index is 2.39. The van der Waals surface area contributed by atoms with Crippen molar-refractivity contribution in [1.29, 1.82) is 0 Å². The number of thioether (sulfide) groups is 1. The third-order valence-electron chi connectivity index (χ3n) is 3.28. The molecule has 0 spiro atoms. The van der Waals surface area contributed by atoms with E-state index in [1.54, 1.807) is 48.0 Å². The Hall–Kier alpha value is -1.69. The Morgan fingerprint density at radius 3 is 2.48 bits per heavy atom. The maximum atomic E-state index is 11.9. The smallest absolute Gasteiger partial charge is 0.335 e. The lowest BCUT2D eigenvalue weighted by Gasteiger charge is -2.24. The Labute approximate surface area is 129 Å². The third-order valence-corrected chi connectivity index (χ3v) is 4.10. The van der Waals surface area contributed by atoms with E-state index in [1.165, 1.54) is 0 Å². The van der Waals surface area contributed by atoms with E-state index in [9.17, 15) is 9.59 Å². The normalized spacial score (nSPS) is 11.8. The number of hydrogen-bond acceptors (Lipinski definition) is 3. The average molecular weight is 310 g/mol. The number of urea groups is 1. The molecule has 1 atom stereocenters. The zero-order chi connectivity index (χ0) is 15.8. The molecule has 2 amide bonds. The number of rotatable bonds is 7. The van der Waals surface area contributed by atoms with Crippen LogP contribution < -0.4 is 5.32 Å². The van der Waals surface area contributed by atoms with Crippen LogP contribution in [0.25, 0.3) is 0 Å². The van der Waals surface area contributed by atoms with Crippen molar-refractivity contribution in [2.24, 2.45) is 0 Å². The topological polar surface area (TPSA) is 69.6 Å². The zero-order valence-electron chi connectivity index (χ0n) is 12.6. The summed E-state index contributed by atoms with van der Waals surface area (Å²) in [4.78, 5) is 24.4. The molecule has 0 aliphatic heterocycles. The van der Waals surface area contributed by atoms with Gasteiger partial charge >= 0.3 is 12.0 Å². The fourth-order valence-corrected chi connectivity index (χ4v) is 2.51. The number of nitrogens with zero attached hydrogens (tertiary/aromatic N) is 1. The third kappa shape index (κ3) is 5.67. The molecule has 116 valence electrons. The minimum Gasteiger partial charge on any atom is -0.478 e. The summed E-state index contributed by atoms with van der Waals surface area (Å²) in [6, 6.07) is 6.80. The van der Waals surface area contributed by atoms with Gasteiger partial charge in [-0.2, -0.15) is 11.8 Å². The van der Waals surface area contributed by atoms with E-state index >= 15 is 0 Å². The molecule has 0 saturated carbocycles. The molecule has 0 bridgehead atoms. The number of aromatic carboxylic acids is 1. The van der Waals surface area contributed by atoms with Crippen LogP contribution in [0.4, 0.5) is 4.79 Å². The maximum absolute atomic E-state index is 11.9. The fourth-order valence-electron chi connectivity index (χ4n) is 1.81. The van der Waals surface area contributed by atoms with Gasteiger partial charge in [0, 0.05) is 25.4 Å². The maximum Gasteiger partial charge on any atom is 0.335 e. The van der Waals surface area contributed by atoms with Gasteiger partial charge in [-0.15, -0.1) is 0 Å². The molecule has 0 heterocycles. The molecule has 1 unspecified atom stereocenters. The van der Waals surface area contributed by atoms with Gasteiger partial charge in [-0.25, -0.2) is 9.59 Å². The van der Waals surface area contributed by atoms with Crippen LogP contribution in [0, 0.1) is 0 Å². The van der Waals surface area contributed by atoms with Crippen LogP contribution in [-0.4, -0.2) is 53.6 Å². The van der Waals surface area contributed by atoms with Crippen LogP contribution >= 0.6 is 11.8 Å². The predicted octanol–water partition coefficient (Wildman–Crippen LogP) is 2.32. The highest BCUT2D eigenvalue weighted by atomic mass is 32.2.